The zero-order chi connectivity index (χ0) is 19.1. The molecule has 1 aliphatic heterocycles. The van der Waals surface area contributed by atoms with E-state index in [4.69, 9.17) is 9.47 Å². The lowest BCUT2D eigenvalue weighted by molar-refractivity contribution is 0.181. The summed E-state index contributed by atoms with van der Waals surface area (Å²) in [6.45, 7) is 5.36. The topological polar surface area (TPSA) is 46.1 Å². The van der Waals surface area contributed by atoms with E-state index in [-0.39, 0.29) is 0 Å². The van der Waals surface area contributed by atoms with E-state index in [0.29, 0.717) is 12.5 Å². The highest BCUT2D eigenvalue weighted by Crippen LogP contribution is 2.27. The highest BCUT2D eigenvalue weighted by molar-refractivity contribution is 5.79. The van der Waals surface area contributed by atoms with E-state index < -0.39 is 0 Å². The summed E-state index contributed by atoms with van der Waals surface area (Å²) < 4.78 is 11.6. The highest BCUT2D eigenvalue weighted by Gasteiger charge is 2.19. The van der Waals surface area contributed by atoms with Crippen LogP contribution < -0.4 is 10.1 Å². The van der Waals surface area contributed by atoms with Crippen molar-refractivity contribution in [3.63, 3.8) is 0 Å². The maximum atomic E-state index is 6.16. The Labute approximate surface area is 162 Å². The molecule has 0 saturated carbocycles. The van der Waals surface area contributed by atoms with Crippen LogP contribution in [0.4, 0.5) is 0 Å². The molecule has 2 aromatic rings. The maximum absolute atomic E-state index is 6.16. The number of nitrogens with zero attached hydrogens (tertiary/aromatic N) is 2. The summed E-state index contributed by atoms with van der Waals surface area (Å²) >= 11 is 0. The fraction of sp³-hybridized carbons (Fsp3) is 0.409. The summed E-state index contributed by atoms with van der Waals surface area (Å²) in [4.78, 5) is 6.59. The van der Waals surface area contributed by atoms with Crippen LogP contribution in [0.2, 0.25) is 0 Å². The lowest BCUT2D eigenvalue weighted by Crippen LogP contribution is -2.41. The molecule has 1 heterocycles. The van der Waals surface area contributed by atoms with E-state index in [2.05, 4.69) is 41.3 Å². The van der Waals surface area contributed by atoms with E-state index >= 15 is 0 Å². The van der Waals surface area contributed by atoms with E-state index in [1.807, 2.05) is 43.4 Å². The van der Waals surface area contributed by atoms with Crippen LogP contribution in [0.5, 0.6) is 11.5 Å². The lowest BCUT2D eigenvalue weighted by atomic mass is 10.1. The summed E-state index contributed by atoms with van der Waals surface area (Å²) in [5, 5.41) is 3.46. The Morgan fingerprint density at radius 1 is 1.19 bits per heavy atom. The highest BCUT2D eigenvalue weighted by atomic mass is 16.5. The molecule has 3 rings (SSSR count). The van der Waals surface area contributed by atoms with E-state index in [1.165, 1.54) is 0 Å². The number of guanidine groups is 1. The zero-order valence-electron chi connectivity index (χ0n) is 16.4. The molecule has 1 fully saturated rings. The molecule has 1 N–H and O–H groups in total. The van der Waals surface area contributed by atoms with Crippen LogP contribution in [-0.2, 0) is 11.3 Å². The molecule has 2 aromatic carbocycles. The first kappa shape index (κ1) is 19.2. The van der Waals surface area contributed by atoms with Crippen LogP contribution in [0, 0.1) is 12.8 Å². The first-order valence-corrected chi connectivity index (χ1v) is 9.48. The van der Waals surface area contributed by atoms with Crippen molar-refractivity contribution < 1.29 is 9.47 Å². The minimum Gasteiger partial charge on any atom is -0.457 e. The molecular formula is C22H29N3O2. The van der Waals surface area contributed by atoms with Gasteiger partial charge in [0.2, 0.25) is 0 Å². The number of hydrogen-bond donors (Lipinski definition) is 1. The van der Waals surface area contributed by atoms with Crippen molar-refractivity contribution in [2.24, 2.45) is 10.9 Å². The predicted molar refractivity (Wildman–Crippen MR) is 109 cm³/mol. The molecule has 0 bridgehead atoms. The summed E-state index contributed by atoms with van der Waals surface area (Å²) in [5.41, 5.74) is 2.22. The molecule has 0 spiro atoms. The second-order valence-electron chi connectivity index (χ2n) is 6.99. The summed E-state index contributed by atoms with van der Waals surface area (Å²) in [6, 6.07) is 16.2. The first-order valence-electron chi connectivity index (χ1n) is 9.48. The summed E-state index contributed by atoms with van der Waals surface area (Å²) in [6.07, 6.45) is 1.12. The number of para-hydroxylation sites is 2. The average Bonchev–Trinajstić information content (AvgIpc) is 3.18. The molecule has 0 aliphatic carbocycles. The van der Waals surface area contributed by atoms with Gasteiger partial charge in [0.15, 0.2) is 5.96 Å². The molecule has 1 saturated heterocycles. The average molecular weight is 367 g/mol. The number of ether oxygens (including phenoxy) is 2. The molecule has 144 valence electrons. The van der Waals surface area contributed by atoms with Crippen molar-refractivity contribution in [1.29, 1.82) is 0 Å². The van der Waals surface area contributed by atoms with Gasteiger partial charge in [0, 0.05) is 45.3 Å². The molecule has 0 aromatic heterocycles. The number of aryl methyl sites for hydroxylation is 1. The lowest BCUT2D eigenvalue weighted by Gasteiger charge is -2.25. The van der Waals surface area contributed by atoms with Crippen LogP contribution in [0.3, 0.4) is 0 Å². The predicted octanol–water partition coefficient (Wildman–Crippen LogP) is 3.83. The number of rotatable bonds is 6. The standard InChI is InChI=1S/C22H29N3O2/c1-17-8-4-6-10-20(17)27-21-11-7-5-9-19(21)14-24-22(23-2)25(3)15-18-12-13-26-16-18/h4-11,18H,12-16H2,1-3H3,(H,23,24). The molecule has 1 unspecified atom stereocenters. The minimum atomic E-state index is 0.574. The van der Waals surface area contributed by atoms with Crippen molar-refractivity contribution in [2.75, 3.05) is 33.9 Å². The summed E-state index contributed by atoms with van der Waals surface area (Å²) in [5.74, 6) is 3.20. The van der Waals surface area contributed by atoms with Crippen molar-refractivity contribution in [1.82, 2.24) is 10.2 Å². The van der Waals surface area contributed by atoms with Gasteiger partial charge in [-0.05, 0) is 31.0 Å². The third-order valence-corrected chi connectivity index (χ3v) is 4.85. The second kappa shape index (κ2) is 9.42. The third-order valence-electron chi connectivity index (χ3n) is 4.85. The molecule has 5 heteroatoms. The Morgan fingerprint density at radius 2 is 1.93 bits per heavy atom. The fourth-order valence-corrected chi connectivity index (χ4v) is 3.30. The van der Waals surface area contributed by atoms with Gasteiger partial charge in [-0.25, -0.2) is 0 Å². The van der Waals surface area contributed by atoms with Gasteiger partial charge >= 0.3 is 0 Å². The maximum Gasteiger partial charge on any atom is 0.193 e. The smallest absolute Gasteiger partial charge is 0.193 e. The molecule has 1 aliphatic rings. The Balaban J connectivity index is 1.64. The van der Waals surface area contributed by atoms with Crippen molar-refractivity contribution in [3.05, 3.63) is 59.7 Å². The van der Waals surface area contributed by atoms with Crippen LogP contribution >= 0.6 is 0 Å². The normalized spacial score (nSPS) is 17.0. The monoisotopic (exact) mass is 367 g/mol. The Kier molecular flexibility index (Phi) is 6.71. The third kappa shape index (κ3) is 5.23. The van der Waals surface area contributed by atoms with Gasteiger partial charge in [-0.15, -0.1) is 0 Å². The first-order chi connectivity index (χ1) is 13.2. The molecule has 0 radical (unpaired) electrons. The van der Waals surface area contributed by atoms with Crippen LogP contribution in [0.15, 0.2) is 53.5 Å². The van der Waals surface area contributed by atoms with Gasteiger partial charge in [0.05, 0.1) is 6.61 Å². The quantitative estimate of drug-likeness (QED) is 0.623. The molecule has 5 nitrogen and oxygen atoms in total. The molecule has 27 heavy (non-hydrogen) atoms. The molecule has 1 atom stereocenters. The Morgan fingerprint density at radius 3 is 2.63 bits per heavy atom. The number of nitrogens with one attached hydrogen (secondary N) is 1. The van der Waals surface area contributed by atoms with Gasteiger partial charge in [-0.2, -0.15) is 0 Å². The number of hydrogen-bond acceptors (Lipinski definition) is 3. The fourth-order valence-electron chi connectivity index (χ4n) is 3.30. The second-order valence-corrected chi connectivity index (χ2v) is 6.99. The number of benzene rings is 2. The summed E-state index contributed by atoms with van der Waals surface area (Å²) in [7, 11) is 3.89. The van der Waals surface area contributed by atoms with Crippen LogP contribution in [0.25, 0.3) is 0 Å². The van der Waals surface area contributed by atoms with E-state index in [9.17, 15) is 0 Å². The Hall–Kier alpha value is -2.53. The van der Waals surface area contributed by atoms with Gasteiger partial charge in [-0.3, -0.25) is 4.99 Å². The number of aliphatic imine (C=N–C) groups is 1. The van der Waals surface area contributed by atoms with Crippen LogP contribution in [-0.4, -0.2) is 44.7 Å². The van der Waals surface area contributed by atoms with Gasteiger partial charge in [0.1, 0.15) is 11.5 Å². The van der Waals surface area contributed by atoms with Crippen molar-refractivity contribution in [3.8, 4) is 11.5 Å². The van der Waals surface area contributed by atoms with E-state index in [1.54, 1.807) is 0 Å². The minimum absolute atomic E-state index is 0.574. The van der Waals surface area contributed by atoms with Gasteiger partial charge in [-0.1, -0.05) is 36.4 Å². The van der Waals surface area contributed by atoms with Gasteiger partial charge < -0.3 is 19.7 Å². The van der Waals surface area contributed by atoms with Crippen LogP contribution in [0.1, 0.15) is 17.5 Å². The van der Waals surface area contributed by atoms with Crippen molar-refractivity contribution >= 4 is 5.96 Å². The van der Waals surface area contributed by atoms with Gasteiger partial charge in [0.25, 0.3) is 0 Å². The molecule has 0 amide bonds. The van der Waals surface area contributed by atoms with E-state index in [0.717, 1.165) is 54.8 Å². The van der Waals surface area contributed by atoms with Crippen molar-refractivity contribution in [2.45, 2.75) is 19.9 Å². The molecular weight excluding hydrogens is 338 g/mol. The SMILES string of the molecule is CN=C(NCc1ccccc1Oc1ccccc1C)N(C)CC1CCOC1. The Bertz CT molecular complexity index is 770. The zero-order valence-corrected chi connectivity index (χ0v) is 16.4. The largest absolute Gasteiger partial charge is 0.457 e.